The van der Waals surface area contributed by atoms with Crippen LogP contribution in [0.2, 0.25) is 0 Å². The predicted molar refractivity (Wildman–Crippen MR) is 190 cm³/mol. The van der Waals surface area contributed by atoms with Crippen molar-refractivity contribution in [3.8, 4) is 11.3 Å². The lowest BCUT2D eigenvalue weighted by atomic mass is 9.91. The minimum Gasteiger partial charge on any atom is -0.378 e. The number of likely N-dealkylation sites (tertiary alicyclic amines) is 1. The Hall–Kier alpha value is -4.14. The first-order valence-corrected chi connectivity index (χ1v) is 17.7. The molecule has 0 radical (unpaired) electrons. The number of carbonyl (C=O) groups excluding carboxylic acids is 3. The minimum absolute atomic E-state index is 0.0593. The van der Waals surface area contributed by atoms with Crippen molar-refractivity contribution >= 4 is 50.2 Å². The van der Waals surface area contributed by atoms with Crippen molar-refractivity contribution in [3.63, 3.8) is 0 Å². The zero-order valence-corrected chi connectivity index (χ0v) is 31.0. The highest BCUT2D eigenvalue weighted by molar-refractivity contribution is 9.10. The molecule has 1 saturated carbocycles. The molecule has 3 aliphatic rings. The minimum atomic E-state index is -0.684. The molecule has 0 spiro atoms. The molecule has 262 valence electrons. The van der Waals surface area contributed by atoms with Crippen LogP contribution in [-0.2, 0) is 27.4 Å². The fourth-order valence-electron chi connectivity index (χ4n) is 7.73. The van der Waals surface area contributed by atoms with Crippen LogP contribution in [0.25, 0.3) is 22.2 Å². The van der Waals surface area contributed by atoms with E-state index in [2.05, 4.69) is 85.8 Å². The number of Topliss-reactive ketones (excluding diaryl/α,β-unsaturated/α-hetero) is 1. The Morgan fingerprint density at radius 1 is 1.00 bits per heavy atom. The van der Waals surface area contributed by atoms with Crippen LogP contribution in [0.3, 0.4) is 0 Å². The number of anilines is 1. The molecule has 14 heteroatoms. The van der Waals surface area contributed by atoms with Crippen molar-refractivity contribution in [3.05, 3.63) is 58.5 Å². The number of aryl methyl sites for hydroxylation is 1. The van der Waals surface area contributed by atoms with Gasteiger partial charge in [-0.1, -0.05) is 13.0 Å². The van der Waals surface area contributed by atoms with Gasteiger partial charge in [-0.05, 0) is 80.9 Å². The van der Waals surface area contributed by atoms with Gasteiger partial charge in [0.05, 0.1) is 30.6 Å². The van der Waals surface area contributed by atoms with Gasteiger partial charge >= 0.3 is 0 Å². The van der Waals surface area contributed by atoms with Crippen LogP contribution in [0.4, 0.5) is 5.82 Å². The Labute approximate surface area is 299 Å². The lowest BCUT2D eigenvalue weighted by Gasteiger charge is -2.52. The van der Waals surface area contributed by atoms with Crippen molar-refractivity contribution in [2.24, 2.45) is 5.41 Å². The monoisotopic (exact) mass is 743 g/mol. The SMILES string of the molecule is CC(=O)c1nn(CC(=O)N2[C@H](C(=O)Nc3nc(Br)ccc3CN3C(C)(C)COCC3(C)C)C[C@@]3(C)C[C@@H]23)c2cnc(-c3cnc(C)nc3)cc12. The summed E-state index contributed by atoms with van der Waals surface area (Å²) in [5.74, 6) is 0.353. The van der Waals surface area contributed by atoms with E-state index >= 15 is 0 Å². The van der Waals surface area contributed by atoms with Crippen molar-refractivity contribution in [2.75, 3.05) is 18.5 Å². The molecule has 4 aromatic rings. The Balaban J connectivity index is 1.14. The van der Waals surface area contributed by atoms with E-state index in [1.807, 2.05) is 12.1 Å². The normalized spacial score (nSPS) is 23.9. The molecule has 0 unspecified atom stereocenters. The van der Waals surface area contributed by atoms with Gasteiger partial charge in [0.15, 0.2) is 5.78 Å². The molecule has 3 atom stereocenters. The summed E-state index contributed by atoms with van der Waals surface area (Å²) < 4.78 is 8.03. The number of nitrogens with zero attached hydrogens (tertiary/aromatic N) is 8. The van der Waals surface area contributed by atoms with Gasteiger partial charge in [0.1, 0.15) is 34.5 Å². The van der Waals surface area contributed by atoms with E-state index in [0.717, 1.165) is 12.0 Å². The molecule has 6 heterocycles. The molecule has 7 rings (SSSR count). The number of hydrogen-bond acceptors (Lipinski definition) is 10. The van der Waals surface area contributed by atoms with E-state index in [9.17, 15) is 14.4 Å². The number of aromatic nitrogens is 6. The molecular formula is C36H42BrN9O4. The van der Waals surface area contributed by atoms with Gasteiger partial charge in [-0.2, -0.15) is 5.10 Å². The van der Waals surface area contributed by atoms with Crippen molar-refractivity contribution < 1.29 is 19.1 Å². The summed E-state index contributed by atoms with van der Waals surface area (Å²) in [5, 5.41) is 8.25. The number of ether oxygens (including phenoxy) is 1. The lowest BCUT2D eigenvalue weighted by molar-refractivity contribution is -0.138. The topological polar surface area (TPSA) is 148 Å². The number of fused-ring (bicyclic) bond motifs is 2. The molecule has 2 aliphatic heterocycles. The smallest absolute Gasteiger partial charge is 0.248 e. The maximum atomic E-state index is 14.2. The Bertz CT molecular complexity index is 2010. The molecule has 0 aromatic carbocycles. The van der Waals surface area contributed by atoms with Crippen molar-refractivity contribution in [2.45, 2.75) is 97.6 Å². The maximum absolute atomic E-state index is 14.2. The van der Waals surface area contributed by atoms with E-state index in [0.29, 0.717) is 64.6 Å². The van der Waals surface area contributed by atoms with Crippen molar-refractivity contribution in [1.82, 2.24) is 39.5 Å². The standard InChI is InChI=1S/C36H42BrN9O4/c1-20(47)31-24-10-25(23-13-38-21(2)39-14-23)40-15-27(24)44(43-31)17-30(48)46-26(11-36(7)12-28(36)46)33(49)42-32-22(8-9-29(37)41-32)16-45-34(3,4)18-50-19-35(45,5)6/h8-10,13-15,26,28H,11-12,16-19H2,1-7H3,(H,41,42,49)/t26-,28+,36-/m0/s1. The van der Waals surface area contributed by atoms with E-state index in [1.165, 1.54) is 11.6 Å². The Kier molecular flexibility index (Phi) is 8.42. The van der Waals surface area contributed by atoms with Gasteiger partial charge in [-0.15, -0.1) is 0 Å². The zero-order valence-electron chi connectivity index (χ0n) is 29.5. The fraction of sp³-hybridized carbons (Fsp3) is 0.500. The number of amides is 2. The summed E-state index contributed by atoms with van der Waals surface area (Å²) >= 11 is 3.48. The predicted octanol–water partition coefficient (Wildman–Crippen LogP) is 4.96. The van der Waals surface area contributed by atoms with Crippen LogP contribution in [0.5, 0.6) is 0 Å². The number of pyridine rings is 2. The van der Waals surface area contributed by atoms with Crippen LogP contribution in [-0.4, -0.2) is 93.5 Å². The number of halogens is 1. The fourth-order valence-corrected chi connectivity index (χ4v) is 8.04. The number of carbonyl (C=O) groups is 3. The molecule has 1 aliphatic carbocycles. The summed E-state index contributed by atoms with van der Waals surface area (Å²) in [6.45, 7) is 15.6. The van der Waals surface area contributed by atoms with Gasteiger partial charge in [0.25, 0.3) is 0 Å². The van der Waals surface area contributed by atoms with Gasteiger partial charge in [-0.3, -0.25) is 28.9 Å². The summed E-state index contributed by atoms with van der Waals surface area (Å²) in [6, 6.07) is 4.89. The number of ketones is 1. The van der Waals surface area contributed by atoms with Crippen LogP contribution in [0.1, 0.15) is 76.3 Å². The van der Waals surface area contributed by atoms with E-state index < -0.39 is 6.04 Å². The highest BCUT2D eigenvalue weighted by atomic mass is 79.9. The third-order valence-electron chi connectivity index (χ3n) is 10.4. The summed E-state index contributed by atoms with van der Waals surface area (Å²) in [4.78, 5) is 62.8. The summed E-state index contributed by atoms with van der Waals surface area (Å²) in [6.07, 6.45) is 6.35. The van der Waals surface area contributed by atoms with E-state index in [1.54, 1.807) is 36.5 Å². The second-order valence-electron chi connectivity index (χ2n) is 15.4. The highest BCUT2D eigenvalue weighted by Crippen LogP contribution is 2.59. The van der Waals surface area contributed by atoms with Gasteiger partial charge in [0, 0.05) is 59.5 Å². The first kappa shape index (κ1) is 34.3. The van der Waals surface area contributed by atoms with Crippen LogP contribution in [0, 0.1) is 12.3 Å². The Morgan fingerprint density at radius 2 is 1.70 bits per heavy atom. The van der Waals surface area contributed by atoms with Gasteiger partial charge in [0.2, 0.25) is 11.8 Å². The second-order valence-corrected chi connectivity index (χ2v) is 16.2. The molecule has 0 bridgehead atoms. The average Bonchev–Trinajstić information content (AvgIpc) is 3.41. The first-order chi connectivity index (χ1) is 23.6. The lowest BCUT2D eigenvalue weighted by Crippen LogP contribution is -2.62. The molecule has 4 aromatic heterocycles. The number of hydrogen-bond donors (Lipinski definition) is 1. The van der Waals surface area contributed by atoms with Gasteiger partial charge in [-0.25, -0.2) is 15.0 Å². The molecule has 1 N–H and O–H groups in total. The van der Waals surface area contributed by atoms with Crippen molar-refractivity contribution in [1.29, 1.82) is 0 Å². The van der Waals surface area contributed by atoms with Crippen LogP contribution in [0.15, 0.2) is 41.4 Å². The van der Waals surface area contributed by atoms with E-state index in [-0.39, 0.29) is 52.4 Å². The number of rotatable bonds is 8. The second kappa shape index (κ2) is 12.3. The number of nitrogens with one attached hydrogen (secondary N) is 1. The maximum Gasteiger partial charge on any atom is 0.248 e. The third kappa shape index (κ3) is 6.21. The molecule has 2 amide bonds. The van der Waals surface area contributed by atoms with Crippen LogP contribution >= 0.6 is 15.9 Å². The van der Waals surface area contributed by atoms with Gasteiger partial charge < -0.3 is 15.0 Å². The largest absolute Gasteiger partial charge is 0.378 e. The summed E-state index contributed by atoms with van der Waals surface area (Å²) in [7, 11) is 0. The average molecular weight is 745 g/mol. The molecule has 2 saturated heterocycles. The number of morpholine rings is 1. The molecular weight excluding hydrogens is 702 g/mol. The van der Waals surface area contributed by atoms with Crippen LogP contribution < -0.4 is 5.32 Å². The quantitative estimate of drug-likeness (QED) is 0.194. The Morgan fingerprint density at radius 3 is 2.38 bits per heavy atom. The third-order valence-corrected chi connectivity index (χ3v) is 10.9. The first-order valence-electron chi connectivity index (χ1n) is 16.9. The zero-order chi connectivity index (χ0) is 35.7. The number of piperidine rings is 1. The molecule has 3 fully saturated rings. The summed E-state index contributed by atoms with van der Waals surface area (Å²) in [5.41, 5.74) is 2.37. The molecule has 13 nitrogen and oxygen atoms in total. The highest BCUT2D eigenvalue weighted by Gasteiger charge is 2.64. The molecule has 50 heavy (non-hydrogen) atoms. The van der Waals surface area contributed by atoms with E-state index in [4.69, 9.17) is 4.74 Å².